The van der Waals surface area contributed by atoms with E-state index in [1.165, 1.54) is 0 Å². The molecule has 0 spiro atoms. The number of ketones is 1. The van der Waals surface area contributed by atoms with Crippen LogP contribution in [0.15, 0.2) is 12.2 Å². The van der Waals surface area contributed by atoms with E-state index in [2.05, 4.69) is 13.0 Å². The SMILES string of the molecule is CO[C@@]12C=C[C@@](C)(CC1)CC2=O. The van der Waals surface area contributed by atoms with E-state index in [0.29, 0.717) is 6.42 Å². The molecule has 0 amide bonds. The molecule has 0 radical (unpaired) electrons. The van der Waals surface area contributed by atoms with Crippen LogP contribution in [0.3, 0.4) is 0 Å². The van der Waals surface area contributed by atoms with Gasteiger partial charge in [0.2, 0.25) is 0 Å². The number of carbonyl (C=O) groups excluding carboxylic acids is 1. The van der Waals surface area contributed by atoms with Crippen LogP contribution < -0.4 is 0 Å². The Morgan fingerprint density at radius 2 is 2.17 bits per heavy atom. The molecular weight excluding hydrogens is 152 g/mol. The van der Waals surface area contributed by atoms with Crippen LogP contribution in [-0.2, 0) is 9.53 Å². The average molecular weight is 166 g/mol. The van der Waals surface area contributed by atoms with Crippen LogP contribution >= 0.6 is 0 Å². The van der Waals surface area contributed by atoms with Gasteiger partial charge in [0.15, 0.2) is 5.78 Å². The molecule has 2 heteroatoms. The Kier molecular flexibility index (Phi) is 1.46. The van der Waals surface area contributed by atoms with E-state index < -0.39 is 5.60 Å². The summed E-state index contributed by atoms with van der Waals surface area (Å²) in [4.78, 5) is 11.6. The Morgan fingerprint density at radius 1 is 1.42 bits per heavy atom. The van der Waals surface area contributed by atoms with Gasteiger partial charge < -0.3 is 4.74 Å². The maximum absolute atomic E-state index is 11.6. The molecule has 12 heavy (non-hydrogen) atoms. The molecule has 0 saturated heterocycles. The van der Waals surface area contributed by atoms with Crippen LogP contribution in [0, 0.1) is 5.41 Å². The fourth-order valence-electron chi connectivity index (χ4n) is 2.15. The first kappa shape index (κ1) is 7.99. The summed E-state index contributed by atoms with van der Waals surface area (Å²) in [5.74, 6) is 0.251. The zero-order chi connectivity index (χ0) is 8.82. The van der Waals surface area contributed by atoms with E-state index in [-0.39, 0.29) is 11.2 Å². The molecule has 2 bridgehead atoms. The van der Waals surface area contributed by atoms with Crippen LogP contribution in [0.1, 0.15) is 26.2 Å². The first-order chi connectivity index (χ1) is 5.60. The van der Waals surface area contributed by atoms with Crippen molar-refractivity contribution < 1.29 is 9.53 Å². The third kappa shape index (κ3) is 0.876. The lowest BCUT2D eigenvalue weighted by Crippen LogP contribution is -2.49. The summed E-state index contributed by atoms with van der Waals surface area (Å²) >= 11 is 0. The lowest BCUT2D eigenvalue weighted by atomic mass is 9.63. The highest BCUT2D eigenvalue weighted by Crippen LogP contribution is 2.46. The Hall–Kier alpha value is -0.630. The standard InChI is InChI=1S/C10H14O2/c1-9-3-5-10(12-2,6-4-9)8(11)7-9/h3,5H,4,6-7H2,1-2H3/t9-,10-/m0/s1. The molecule has 1 saturated carbocycles. The molecular formula is C10H14O2. The maximum atomic E-state index is 11.6. The number of hydrogen-bond donors (Lipinski definition) is 0. The number of carbonyl (C=O) groups is 1. The number of methoxy groups -OCH3 is 1. The first-order valence-corrected chi connectivity index (χ1v) is 4.39. The van der Waals surface area contributed by atoms with E-state index in [1.807, 2.05) is 6.08 Å². The first-order valence-electron chi connectivity index (χ1n) is 4.39. The Bertz CT molecular complexity index is 257. The second-order valence-electron chi connectivity index (χ2n) is 4.18. The van der Waals surface area contributed by atoms with Crippen molar-refractivity contribution in [3.8, 4) is 0 Å². The molecule has 2 nitrogen and oxygen atoms in total. The van der Waals surface area contributed by atoms with Crippen LogP contribution in [-0.4, -0.2) is 18.5 Å². The summed E-state index contributed by atoms with van der Waals surface area (Å²) in [6.07, 6.45) is 6.67. The second kappa shape index (κ2) is 2.19. The van der Waals surface area contributed by atoms with Gasteiger partial charge in [-0.1, -0.05) is 13.0 Å². The number of hydrogen-bond acceptors (Lipinski definition) is 2. The fraction of sp³-hybridized carbons (Fsp3) is 0.700. The van der Waals surface area contributed by atoms with Crippen LogP contribution in [0.5, 0.6) is 0 Å². The van der Waals surface area contributed by atoms with Gasteiger partial charge in [0, 0.05) is 13.5 Å². The highest BCUT2D eigenvalue weighted by molar-refractivity contribution is 5.92. The zero-order valence-electron chi connectivity index (χ0n) is 7.59. The van der Waals surface area contributed by atoms with Gasteiger partial charge in [-0.15, -0.1) is 0 Å². The molecule has 3 rings (SSSR count). The summed E-state index contributed by atoms with van der Waals surface area (Å²) in [6.45, 7) is 2.14. The lowest BCUT2D eigenvalue weighted by Gasteiger charge is -2.44. The van der Waals surface area contributed by atoms with Crippen molar-refractivity contribution in [2.75, 3.05) is 7.11 Å². The summed E-state index contributed by atoms with van der Waals surface area (Å²) < 4.78 is 5.29. The van der Waals surface area contributed by atoms with Gasteiger partial charge in [-0.2, -0.15) is 0 Å². The molecule has 0 unspecified atom stereocenters. The third-order valence-electron chi connectivity index (χ3n) is 3.22. The predicted octanol–water partition coefficient (Wildman–Crippen LogP) is 1.70. The van der Waals surface area contributed by atoms with Gasteiger partial charge in [0.05, 0.1) is 0 Å². The van der Waals surface area contributed by atoms with Crippen molar-refractivity contribution in [2.45, 2.75) is 31.8 Å². The minimum absolute atomic E-state index is 0.122. The minimum atomic E-state index is -0.558. The predicted molar refractivity (Wildman–Crippen MR) is 45.8 cm³/mol. The second-order valence-corrected chi connectivity index (χ2v) is 4.18. The topological polar surface area (TPSA) is 26.3 Å². The molecule has 3 aliphatic rings. The molecule has 0 aromatic carbocycles. The quantitative estimate of drug-likeness (QED) is 0.554. The number of allylic oxidation sites excluding steroid dienone is 1. The number of ether oxygens (including phenoxy) is 1. The van der Waals surface area contributed by atoms with Crippen molar-refractivity contribution in [1.29, 1.82) is 0 Å². The number of fused-ring (bicyclic) bond motifs is 2. The van der Waals surface area contributed by atoms with Crippen LogP contribution in [0.4, 0.5) is 0 Å². The smallest absolute Gasteiger partial charge is 0.169 e. The number of Topliss-reactive ketones (excluding diaryl/α,β-unsaturated/α-hetero) is 1. The fourth-order valence-corrected chi connectivity index (χ4v) is 2.15. The Balaban J connectivity index is 2.40. The molecule has 1 fully saturated rings. The number of rotatable bonds is 1. The third-order valence-corrected chi connectivity index (χ3v) is 3.22. The average Bonchev–Trinajstić information content (AvgIpc) is 2.05. The highest BCUT2D eigenvalue weighted by Gasteiger charge is 2.48. The van der Waals surface area contributed by atoms with Gasteiger partial charge >= 0.3 is 0 Å². The largest absolute Gasteiger partial charge is 0.366 e. The van der Waals surface area contributed by atoms with Crippen molar-refractivity contribution in [2.24, 2.45) is 5.41 Å². The highest BCUT2D eigenvalue weighted by atomic mass is 16.5. The minimum Gasteiger partial charge on any atom is -0.366 e. The van der Waals surface area contributed by atoms with Gasteiger partial charge in [-0.3, -0.25) is 4.79 Å². The summed E-state index contributed by atoms with van der Waals surface area (Å²) in [5, 5.41) is 0. The molecule has 0 N–H and O–H groups in total. The molecule has 0 aromatic rings. The van der Waals surface area contributed by atoms with Gasteiger partial charge in [-0.25, -0.2) is 0 Å². The normalized spacial score (nSPS) is 45.3. The maximum Gasteiger partial charge on any atom is 0.169 e. The molecule has 0 heterocycles. The van der Waals surface area contributed by atoms with E-state index >= 15 is 0 Å². The van der Waals surface area contributed by atoms with Crippen LogP contribution in [0.25, 0.3) is 0 Å². The molecule has 0 aromatic heterocycles. The zero-order valence-corrected chi connectivity index (χ0v) is 7.59. The molecule has 0 aliphatic heterocycles. The van der Waals surface area contributed by atoms with Gasteiger partial charge in [-0.05, 0) is 24.3 Å². The Labute approximate surface area is 72.6 Å². The van der Waals surface area contributed by atoms with Crippen molar-refractivity contribution in [1.82, 2.24) is 0 Å². The summed E-state index contributed by atoms with van der Waals surface area (Å²) in [6, 6.07) is 0. The molecule has 2 atom stereocenters. The van der Waals surface area contributed by atoms with Crippen LogP contribution in [0.2, 0.25) is 0 Å². The van der Waals surface area contributed by atoms with Crippen molar-refractivity contribution >= 4 is 5.78 Å². The Morgan fingerprint density at radius 3 is 2.58 bits per heavy atom. The van der Waals surface area contributed by atoms with E-state index in [0.717, 1.165) is 12.8 Å². The molecule has 66 valence electrons. The van der Waals surface area contributed by atoms with Crippen molar-refractivity contribution in [3.63, 3.8) is 0 Å². The summed E-state index contributed by atoms with van der Waals surface area (Å²) in [7, 11) is 1.62. The van der Waals surface area contributed by atoms with E-state index in [1.54, 1.807) is 7.11 Å². The van der Waals surface area contributed by atoms with Gasteiger partial charge in [0.25, 0.3) is 0 Å². The van der Waals surface area contributed by atoms with Crippen molar-refractivity contribution in [3.05, 3.63) is 12.2 Å². The lowest BCUT2D eigenvalue weighted by molar-refractivity contribution is -0.144. The van der Waals surface area contributed by atoms with Gasteiger partial charge in [0.1, 0.15) is 5.60 Å². The molecule has 3 aliphatic carbocycles. The van der Waals surface area contributed by atoms with E-state index in [4.69, 9.17) is 4.74 Å². The monoisotopic (exact) mass is 166 g/mol. The summed E-state index contributed by atoms with van der Waals surface area (Å²) in [5.41, 5.74) is -0.435. The van der Waals surface area contributed by atoms with E-state index in [9.17, 15) is 4.79 Å².